The summed E-state index contributed by atoms with van der Waals surface area (Å²) in [6.07, 6.45) is 14.3. The lowest BCUT2D eigenvalue weighted by Gasteiger charge is -2.26. The zero-order valence-electron chi connectivity index (χ0n) is 15.1. The lowest BCUT2D eigenvalue weighted by molar-refractivity contribution is 0.224. The Morgan fingerprint density at radius 1 is 1.13 bits per heavy atom. The van der Waals surface area contributed by atoms with E-state index < -0.39 is 0 Å². The summed E-state index contributed by atoms with van der Waals surface area (Å²) in [5.74, 6) is 0.993. The van der Waals surface area contributed by atoms with Crippen molar-refractivity contribution in [3.63, 3.8) is 0 Å². The zero-order valence-corrected chi connectivity index (χ0v) is 16.0. The van der Waals surface area contributed by atoms with Crippen LogP contribution in [-0.2, 0) is 0 Å². The molecule has 2 atom stereocenters. The fourth-order valence-electron chi connectivity index (χ4n) is 3.70. The van der Waals surface area contributed by atoms with Crippen LogP contribution in [0.3, 0.4) is 0 Å². The zero-order chi connectivity index (χ0) is 16.3. The minimum absolute atomic E-state index is 0.609. The molecule has 5 heteroatoms. The van der Waals surface area contributed by atoms with E-state index in [-0.39, 0.29) is 0 Å². The van der Waals surface area contributed by atoms with Crippen LogP contribution in [0.2, 0.25) is 0 Å². The Balaban J connectivity index is 1.49. The van der Waals surface area contributed by atoms with Gasteiger partial charge in [0.15, 0.2) is 5.96 Å². The van der Waals surface area contributed by atoms with Crippen molar-refractivity contribution in [1.82, 2.24) is 15.5 Å². The fraction of sp³-hybridized carbons (Fsp3) is 0.944. The molecule has 2 N–H and O–H groups in total. The summed E-state index contributed by atoms with van der Waals surface area (Å²) >= 11 is 2.01. The van der Waals surface area contributed by atoms with E-state index in [9.17, 15) is 0 Å². The molecule has 23 heavy (non-hydrogen) atoms. The maximum atomic E-state index is 4.37. The Bertz CT molecular complexity index is 342. The molecule has 4 nitrogen and oxygen atoms in total. The number of hydrogen-bond donors (Lipinski definition) is 2. The molecule has 2 unspecified atom stereocenters. The van der Waals surface area contributed by atoms with Crippen LogP contribution in [0.25, 0.3) is 0 Å². The molecule has 0 radical (unpaired) electrons. The first-order valence-corrected chi connectivity index (χ1v) is 10.8. The van der Waals surface area contributed by atoms with E-state index in [1.807, 2.05) is 18.8 Å². The Morgan fingerprint density at radius 3 is 2.65 bits per heavy atom. The Kier molecular flexibility index (Phi) is 9.20. The van der Waals surface area contributed by atoms with Crippen molar-refractivity contribution in [2.75, 3.05) is 39.5 Å². The van der Waals surface area contributed by atoms with Crippen LogP contribution in [0.4, 0.5) is 0 Å². The number of thioether (sulfide) groups is 1. The summed E-state index contributed by atoms with van der Waals surface area (Å²) in [4.78, 5) is 7.01. The monoisotopic (exact) mass is 340 g/mol. The molecule has 1 saturated carbocycles. The van der Waals surface area contributed by atoms with Crippen molar-refractivity contribution < 1.29 is 0 Å². The third kappa shape index (κ3) is 7.34. The maximum absolute atomic E-state index is 4.37. The topological polar surface area (TPSA) is 39.7 Å². The summed E-state index contributed by atoms with van der Waals surface area (Å²) in [5, 5.41) is 7.91. The van der Waals surface area contributed by atoms with Gasteiger partial charge in [0.05, 0.1) is 0 Å². The first kappa shape index (κ1) is 18.9. The summed E-state index contributed by atoms with van der Waals surface area (Å²) in [6, 6.07) is 0.609. The second kappa shape index (κ2) is 11.2. The first-order chi connectivity index (χ1) is 11.3. The van der Waals surface area contributed by atoms with Crippen LogP contribution in [0.1, 0.15) is 57.8 Å². The minimum atomic E-state index is 0.609. The van der Waals surface area contributed by atoms with E-state index in [1.54, 1.807) is 0 Å². The molecule has 1 aliphatic heterocycles. The van der Waals surface area contributed by atoms with Crippen molar-refractivity contribution in [1.29, 1.82) is 0 Å². The van der Waals surface area contributed by atoms with E-state index in [4.69, 9.17) is 0 Å². The maximum Gasteiger partial charge on any atom is 0.191 e. The number of likely N-dealkylation sites (tertiary alicyclic amines) is 1. The highest BCUT2D eigenvalue weighted by atomic mass is 32.2. The number of nitrogens with zero attached hydrogens (tertiary/aromatic N) is 2. The van der Waals surface area contributed by atoms with E-state index >= 15 is 0 Å². The number of piperidine rings is 1. The molecular weight excluding hydrogens is 304 g/mol. The van der Waals surface area contributed by atoms with Gasteiger partial charge in [0.1, 0.15) is 0 Å². The molecule has 1 aliphatic carbocycles. The molecule has 0 spiro atoms. The molecule has 2 aliphatic rings. The quantitative estimate of drug-likeness (QED) is 0.405. The fourth-order valence-corrected chi connectivity index (χ4v) is 4.50. The third-order valence-corrected chi connectivity index (χ3v) is 6.27. The van der Waals surface area contributed by atoms with Gasteiger partial charge in [0.2, 0.25) is 0 Å². The lowest BCUT2D eigenvalue weighted by atomic mass is 10.1. The Morgan fingerprint density at radius 2 is 1.96 bits per heavy atom. The van der Waals surface area contributed by atoms with Crippen molar-refractivity contribution in [2.24, 2.45) is 4.99 Å². The predicted octanol–water partition coefficient (Wildman–Crippen LogP) is 3.09. The van der Waals surface area contributed by atoms with Gasteiger partial charge >= 0.3 is 0 Å². The van der Waals surface area contributed by atoms with Gasteiger partial charge in [-0.2, -0.15) is 11.8 Å². The smallest absolute Gasteiger partial charge is 0.191 e. The normalized spacial score (nSPS) is 26.4. The molecular formula is C18H36N4S. The third-order valence-electron chi connectivity index (χ3n) is 5.17. The molecule has 134 valence electrons. The minimum Gasteiger partial charge on any atom is -0.356 e. The molecule has 0 amide bonds. The van der Waals surface area contributed by atoms with Gasteiger partial charge in [-0.15, -0.1) is 0 Å². The van der Waals surface area contributed by atoms with E-state index in [0.29, 0.717) is 6.04 Å². The van der Waals surface area contributed by atoms with Gasteiger partial charge in [-0.05, 0) is 70.8 Å². The van der Waals surface area contributed by atoms with Gasteiger partial charge < -0.3 is 15.5 Å². The SMILES string of the molecule is CN=C(NCCCCCN1CCCCC1)NC1CCC(SC)C1. The van der Waals surface area contributed by atoms with Crippen LogP contribution in [0.15, 0.2) is 4.99 Å². The molecule has 0 aromatic rings. The average molecular weight is 341 g/mol. The summed E-state index contributed by atoms with van der Waals surface area (Å²) in [6.45, 7) is 4.99. The molecule has 2 rings (SSSR count). The highest BCUT2D eigenvalue weighted by molar-refractivity contribution is 7.99. The van der Waals surface area contributed by atoms with Gasteiger partial charge in [0, 0.05) is 24.9 Å². The first-order valence-electron chi connectivity index (χ1n) is 9.54. The highest BCUT2D eigenvalue weighted by Crippen LogP contribution is 2.27. The molecule has 2 fully saturated rings. The molecule has 0 bridgehead atoms. The number of aliphatic imine (C=N–C) groups is 1. The Labute approximate surface area is 147 Å². The van der Waals surface area contributed by atoms with Crippen molar-refractivity contribution in [3.05, 3.63) is 0 Å². The van der Waals surface area contributed by atoms with Crippen molar-refractivity contribution in [2.45, 2.75) is 69.1 Å². The molecule has 0 aromatic carbocycles. The van der Waals surface area contributed by atoms with E-state index in [2.05, 4.69) is 26.8 Å². The van der Waals surface area contributed by atoms with Crippen LogP contribution < -0.4 is 10.6 Å². The van der Waals surface area contributed by atoms with Crippen LogP contribution in [-0.4, -0.2) is 61.6 Å². The Hall–Kier alpha value is -0.420. The molecule has 0 aromatic heterocycles. The number of guanidine groups is 1. The van der Waals surface area contributed by atoms with Crippen molar-refractivity contribution in [3.8, 4) is 0 Å². The average Bonchev–Trinajstić information content (AvgIpc) is 3.05. The number of hydrogen-bond acceptors (Lipinski definition) is 3. The molecule has 1 heterocycles. The van der Waals surface area contributed by atoms with E-state index in [0.717, 1.165) is 17.8 Å². The van der Waals surface area contributed by atoms with E-state index in [1.165, 1.54) is 77.4 Å². The highest BCUT2D eigenvalue weighted by Gasteiger charge is 2.24. The predicted molar refractivity (Wildman–Crippen MR) is 104 cm³/mol. The molecule has 1 saturated heterocycles. The van der Waals surface area contributed by atoms with Gasteiger partial charge in [-0.1, -0.05) is 12.8 Å². The lowest BCUT2D eigenvalue weighted by Crippen LogP contribution is -2.42. The summed E-state index contributed by atoms with van der Waals surface area (Å²) in [7, 11) is 1.88. The largest absolute Gasteiger partial charge is 0.356 e. The van der Waals surface area contributed by atoms with Gasteiger partial charge in [0.25, 0.3) is 0 Å². The van der Waals surface area contributed by atoms with Gasteiger partial charge in [-0.25, -0.2) is 0 Å². The number of nitrogens with one attached hydrogen (secondary N) is 2. The summed E-state index contributed by atoms with van der Waals surface area (Å²) < 4.78 is 0. The van der Waals surface area contributed by atoms with Crippen LogP contribution in [0, 0.1) is 0 Å². The second-order valence-corrected chi connectivity index (χ2v) is 8.11. The van der Waals surface area contributed by atoms with Crippen LogP contribution in [0.5, 0.6) is 0 Å². The van der Waals surface area contributed by atoms with Crippen molar-refractivity contribution >= 4 is 17.7 Å². The number of unbranched alkanes of at least 4 members (excludes halogenated alkanes) is 2. The second-order valence-electron chi connectivity index (χ2n) is 6.97. The summed E-state index contributed by atoms with van der Waals surface area (Å²) in [5.41, 5.74) is 0. The van der Waals surface area contributed by atoms with Crippen LogP contribution >= 0.6 is 11.8 Å². The van der Waals surface area contributed by atoms with Gasteiger partial charge in [-0.3, -0.25) is 4.99 Å². The number of rotatable bonds is 8. The standard InChI is InChI=1S/C18H36N4S/c1-19-18(21-16-9-10-17(15-16)23-2)20-11-5-3-6-12-22-13-7-4-8-14-22/h16-17H,3-15H2,1-2H3,(H2,19,20,21).